The number of alkyl halides is 2. The largest absolute Gasteiger partial charge is 0.449 e. The van der Waals surface area contributed by atoms with Crippen molar-refractivity contribution in [3.63, 3.8) is 0 Å². The van der Waals surface area contributed by atoms with E-state index in [1.165, 1.54) is 0 Å². The highest BCUT2D eigenvalue weighted by Crippen LogP contribution is 2.58. The molecule has 2 heterocycles. The first-order chi connectivity index (χ1) is 21.2. The van der Waals surface area contributed by atoms with E-state index in [1.807, 2.05) is 31.2 Å². The number of fused-ring (bicyclic) bond motifs is 3. The highest BCUT2D eigenvalue weighted by atomic mass is 19.3. The highest BCUT2D eigenvalue weighted by Gasteiger charge is 2.55. The number of anilines is 1. The summed E-state index contributed by atoms with van der Waals surface area (Å²) in [5, 5.41) is 12.3. The first-order valence-corrected chi connectivity index (χ1v) is 15.9. The third-order valence-electron chi connectivity index (χ3n) is 10.2. The molecule has 3 aromatic rings. The summed E-state index contributed by atoms with van der Waals surface area (Å²) in [5.74, 6) is -1.95. The molecule has 8 rings (SSSR count). The lowest BCUT2D eigenvalue weighted by atomic mass is 9.53. The van der Waals surface area contributed by atoms with Gasteiger partial charge in [-0.2, -0.15) is 4.98 Å². The number of hydrogen-bond acceptors (Lipinski definition) is 9. The summed E-state index contributed by atoms with van der Waals surface area (Å²) < 4.78 is 51.9. The Morgan fingerprint density at radius 1 is 1.05 bits per heavy atom. The van der Waals surface area contributed by atoms with Crippen LogP contribution in [-0.2, 0) is 14.9 Å². The van der Waals surface area contributed by atoms with Crippen LogP contribution in [0.2, 0.25) is 0 Å². The maximum absolute atomic E-state index is 14.7. The second kappa shape index (κ2) is 11.2. The van der Waals surface area contributed by atoms with Gasteiger partial charge in [0.1, 0.15) is 0 Å². The number of amides is 1. The number of carbonyl (C=O) groups is 1. The summed E-state index contributed by atoms with van der Waals surface area (Å²) >= 11 is 0. The smallest absolute Gasteiger partial charge is 0.414 e. The zero-order chi connectivity index (χ0) is 30.5. The average molecular weight is 612 g/mol. The molecule has 0 aliphatic heterocycles. The normalized spacial score (nSPS) is 29.2. The number of carbonyl (C=O) groups excluding carboxylic acids is 1. The van der Waals surface area contributed by atoms with Gasteiger partial charge in [-0.05, 0) is 88.8 Å². The molecule has 2 unspecified atom stereocenters. The molecule has 5 aliphatic carbocycles. The van der Waals surface area contributed by atoms with Gasteiger partial charge in [-0.3, -0.25) is 4.79 Å². The van der Waals surface area contributed by atoms with Crippen LogP contribution in [0.15, 0.2) is 33.2 Å². The molecule has 5 fully saturated rings. The Morgan fingerprint density at radius 3 is 2.52 bits per heavy atom. The Morgan fingerprint density at radius 2 is 1.82 bits per heavy atom. The van der Waals surface area contributed by atoms with E-state index in [0.717, 1.165) is 63.1 Å². The van der Waals surface area contributed by atoms with Gasteiger partial charge in [-0.1, -0.05) is 16.3 Å². The first-order valence-electron chi connectivity index (χ1n) is 15.9. The SMILES string of the molecule is CCOc1nnc(-c2cccc(N(CC34CCC(c5nc(C6CC6)no5)(CC3)CC4)C(=O)C3CC(F)(F)CC3OCC)c2)o1. The fourth-order valence-corrected chi connectivity index (χ4v) is 7.53. The first kappa shape index (κ1) is 29.3. The molecule has 2 atom stereocenters. The maximum Gasteiger partial charge on any atom is 0.414 e. The van der Waals surface area contributed by atoms with Crippen molar-refractivity contribution in [1.82, 2.24) is 20.3 Å². The molecular formula is C32H39F2N5O5. The van der Waals surface area contributed by atoms with Crippen molar-refractivity contribution in [3.05, 3.63) is 36.0 Å². The number of nitrogens with zero attached hydrogens (tertiary/aromatic N) is 5. The lowest BCUT2D eigenvalue weighted by Gasteiger charge is -2.53. The van der Waals surface area contributed by atoms with Gasteiger partial charge >= 0.3 is 6.08 Å². The summed E-state index contributed by atoms with van der Waals surface area (Å²) in [6.45, 7) is 4.67. The van der Waals surface area contributed by atoms with Gasteiger partial charge in [-0.15, -0.1) is 5.10 Å². The Balaban J connectivity index is 1.17. The molecule has 2 bridgehead atoms. The lowest BCUT2D eigenvalue weighted by Crippen LogP contribution is -2.52. The van der Waals surface area contributed by atoms with Crippen LogP contribution in [0, 0.1) is 11.3 Å². The van der Waals surface area contributed by atoms with E-state index < -0.39 is 30.8 Å². The standard InChI is InChI=1S/C32H39F2N5O5/c1-3-41-24-18-32(33,34)17-23(24)27(40)39(22-7-5-6-21(16-22)26-36-37-29(43-26)42-4-2)19-30-10-13-31(14-11-30,15-12-30)28-35-25(38-44-28)20-8-9-20/h5-7,16,20,23-24H,3-4,8-15,17-19H2,1-2H3. The van der Waals surface area contributed by atoms with Crippen LogP contribution in [-0.4, -0.2) is 58.0 Å². The van der Waals surface area contributed by atoms with Gasteiger partial charge in [0.05, 0.1) is 18.6 Å². The summed E-state index contributed by atoms with van der Waals surface area (Å²) in [6, 6.07) is 7.29. The molecule has 5 saturated carbocycles. The molecule has 12 heteroatoms. The molecule has 1 aromatic carbocycles. The van der Waals surface area contributed by atoms with E-state index in [1.54, 1.807) is 11.8 Å². The predicted octanol–water partition coefficient (Wildman–Crippen LogP) is 6.47. The van der Waals surface area contributed by atoms with E-state index in [9.17, 15) is 13.6 Å². The van der Waals surface area contributed by atoms with E-state index >= 15 is 0 Å². The van der Waals surface area contributed by atoms with Crippen LogP contribution >= 0.6 is 0 Å². The minimum absolute atomic E-state index is 0.0610. The number of ether oxygens (including phenoxy) is 2. The fourth-order valence-electron chi connectivity index (χ4n) is 7.53. The Hall–Kier alpha value is -3.41. The Bertz CT molecular complexity index is 1480. The fraction of sp³-hybridized carbons (Fsp3) is 0.656. The van der Waals surface area contributed by atoms with Crippen molar-refractivity contribution < 1.29 is 32.0 Å². The number of rotatable bonds is 11. The quantitative estimate of drug-likeness (QED) is 0.240. The number of hydrogen-bond donors (Lipinski definition) is 0. The molecule has 0 radical (unpaired) electrons. The molecule has 44 heavy (non-hydrogen) atoms. The summed E-state index contributed by atoms with van der Waals surface area (Å²) in [4.78, 5) is 20.9. The van der Waals surface area contributed by atoms with Crippen molar-refractivity contribution in [1.29, 1.82) is 0 Å². The van der Waals surface area contributed by atoms with Crippen LogP contribution in [0.1, 0.15) is 95.7 Å². The maximum atomic E-state index is 14.7. The van der Waals surface area contributed by atoms with E-state index in [4.69, 9.17) is 23.4 Å². The number of halogens is 2. The second-order valence-electron chi connectivity index (χ2n) is 13.2. The van der Waals surface area contributed by atoms with Crippen LogP contribution in [0.3, 0.4) is 0 Å². The van der Waals surface area contributed by atoms with Crippen LogP contribution in [0.5, 0.6) is 6.08 Å². The minimum Gasteiger partial charge on any atom is -0.449 e. The molecule has 0 N–H and O–H groups in total. The zero-order valence-electron chi connectivity index (χ0n) is 25.3. The predicted molar refractivity (Wildman–Crippen MR) is 154 cm³/mol. The van der Waals surface area contributed by atoms with Crippen molar-refractivity contribution >= 4 is 11.6 Å². The zero-order valence-corrected chi connectivity index (χ0v) is 25.3. The number of benzene rings is 1. The lowest BCUT2D eigenvalue weighted by molar-refractivity contribution is -0.127. The van der Waals surface area contributed by atoms with Crippen LogP contribution in [0.25, 0.3) is 11.5 Å². The van der Waals surface area contributed by atoms with Gasteiger partial charge in [-0.25, -0.2) is 8.78 Å². The number of aromatic nitrogens is 4. The van der Waals surface area contributed by atoms with Gasteiger partial charge in [0.25, 0.3) is 11.8 Å². The molecule has 5 aliphatic rings. The van der Waals surface area contributed by atoms with Gasteiger partial charge in [0.15, 0.2) is 5.82 Å². The van der Waals surface area contributed by atoms with Gasteiger partial charge in [0, 0.05) is 48.6 Å². The topological polar surface area (TPSA) is 117 Å². The van der Waals surface area contributed by atoms with Crippen LogP contribution < -0.4 is 9.64 Å². The molecule has 10 nitrogen and oxygen atoms in total. The van der Waals surface area contributed by atoms with E-state index in [2.05, 4.69) is 15.4 Å². The molecule has 0 saturated heterocycles. The van der Waals surface area contributed by atoms with Crippen molar-refractivity contribution in [2.24, 2.45) is 11.3 Å². The third-order valence-corrected chi connectivity index (χ3v) is 10.2. The van der Waals surface area contributed by atoms with E-state index in [0.29, 0.717) is 30.3 Å². The van der Waals surface area contributed by atoms with Crippen LogP contribution in [0.4, 0.5) is 14.5 Å². The van der Waals surface area contributed by atoms with Gasteiger partial charge in [0.2, 0.25) is 11.8 Å². The Labute approximate surface area is 254 Å². The molecule has 0 spiro atoms. The van der Waals surface area contributed by atoms with Crippen molar-refractivity contribution in [2.45, 2.75) is 101 Å². The third kappa shape index (κ3) is 5.50. The van der Waals surface area contributed by atoms with Gasteiger partial charge < -0.3 is 23.3 Å². The molecule has 236 valence electrons. The molecule has 2 aromatic heterocycles. The van der Waals surface area contributed by atoms with E-state index in [-0.39, 0.29) is 35.3 Å². The molecular weight excluding hydrogens is 572 g/mol. The average Bonchev–Trinajstić information content (AvgIpc) is 3.41. The summed E-state index contributed by atoms with van der Waals surface area (Å²) in [7, 11) is 0. The Kier molecular flexibility index (Phi) is 7.45. The minimum atomic E-state index is -2.95. The summed E-state index contributed by atoms with van der Waals surface area (Å²) in [6.07, 6.45) is 5.84. The van der Waals surface area contributed by atoms with Crippen molar-refractivity contribution in [2.75, 3.05) is 24.7 Å². The highest BCUT2D eigenvalue weighted by molar-refractivity contribution is 5.96. The summed E-state index contributed by atoms with van der Waals surface area (Å²) in [5.41, 5.74) is 0.947. The second-order valence-corrected chi connectivity index (χ2v) is 13.2. The van der Waals surface area contributed by atoms with Crippen molar-refractivity contribution in [3.8, 4) is 17.5 Å². The monoisotopic (exact) mass is 611 g/mol. The molecule has 1 amide bonds.